The molecule has 0 spiro atoms. The maximum Gasteiger partial charge on any atom is 0.463 e. The quantitative estimate of drug-likeness (QED) is 0.0327. The summed E-state index contributed by atoms with van der Waals surface area (Å²) in [4.78, 5) is 0. The van der Waals surface area contributed by atoms with E-state index in [-0.39, 0.29) is 16.2 Å². The summed E-state index contributed by atoms with van der Waals surface area (Å²) >= 11 is 0. The molecule has 0 radical (unpaired) electrons. The summed E-state index contributed by atoms with van der Waals surface area (Å²) in [5, 5.41) is 0. The van der Waals surface area contributed by atoms with Gasteiger partial charge in [0.25, 0.3) is 0 Å². The highest BCUT2D eigenvalue weighted by Gasteiger charge is 2.35. The summed E-state index contributed by atoms with van der Waals surface area (Å²) in [5.74, 6) is 4.52. The van der Waals surface area contributed by atoms with Crippen LogP contribution in [0.5, 0.6) is 23.0 Å². The molecule has 2 aliphatic rings. The predicted molar refractivity (Wildman–Crippen MR) is 367 cm³/mol. The topological polar surface area (TPSA) is 55.4 Å². The maximum absolute atomic E-state index is 7.16. The van der Waals surface area contributed by atoms with Crippen LogP contribution < -0.4 is 18.1 Å². The molecule has 476 valence electrons. The van der Waals surface area contributed by atoms with Crippen molar-refractivity contribution in [2.24, 2.45) is 0 Å². The van der Waals surface area contributed by atoms with Crippen molar-refractivity contribution in [1.29, 1.82) is 0 Å². The first-order chi connectivity index (χ1) is 41.0. The van der Waals surface area contributed by atoms with Crippen molar-refractivity contribution in [3.05, 3.63) is 117 Å². The van der Waals surface area contributed by atoms with Gasteiger partial charge < -0.3 is 18.1 Å². The minimum atomic E-state index is -1.75. The van der Waals surface area contributed by atoms with E-state index in [2.05, 4.69) is 156 Å². The molecule has 0 saturated heterocycles. The fourth-order valence-electron chi connectivity index (χ4n) is 13.4. The molecule has 0 aliphatic heterocycles. The highest BCUT2D eigenvalue weighted by molar-refractivity contribution is 7.42. The van der Waals surface area contributed by atoms with Crippen LogP contribution in [0.15, 0.2) is 72.8 Å². The van der Waals surface area contributed by atoms with Crippen LogP contribution in [0.1, 0.15) is 344 Å². The lowest BCUT2D eigenvalue weighted by molar-refractivity contribution is 0.255. The number of para-hydroxylation sites is 2. The fraction of sp³-hybridized carbons (Fsp3) is 0.688. The van der Waals surface area contributed by atoms with E-state index in [9.17, 15) is 0 Å². The monoisotopic (exact) mass is 1200 g/mol. The first-order valence-corrected chi connectivity index (χ1v) is 37.3. The molecule has 2 saturated carbocycles. The van der Waals surface area contributed by atoms with Gasteiger partial charge in [-0.05, 0) is 133 Å². The summed E-state index contributed by atoms with van der Waals surface area (Å²) in [7, 11) is -3.50. The fourth-order valence-corrected chi connectivity index (χ4v) is 15.6. The van der Waals surface area contributed by atoms with Crippen LogP contribution in [0, 0.1) is 13.8 Å². The van der Waals surface area contributed by atoms with E-state index < -0.39 is 17.2 Å². The molecule has 0 N–H and O–H groups in total. The van der Waals surface area contributed by atoms with Crippen molar-refractivity contribution < 1.29 is 27.1 Å². The summed E-state index contributed by atoms with van der Waals surface area (Å²) in [6.07, 6.45) is 43.9. The van der Waals surface area contributed by atoms with Crippen molar-refractivity contribution in [3.8, 4) is 23.0 Å². The van der Waals surface area contributed by atoms with Crippen LogP contribution in [0.3, 0.4) is 0 Å². The van der Waals surface area contributed by atoms with Gasteiger partial charge in [0.1, 0.15) is 23.0 Å². The van der Waals surface area contributed by atoms with Crippen molar-refractivity contribution in [3.63, 3.8) is 0 Å². The highest BCUT2D eigenvalue weighted by Crippen LogP contribution is 2.52. The number of unbranched alkanes of at least 4 members (excludes halogenated alkanes) is 22. The van der Waals surface area contributed by atoms with Gasteiger partial charge in [-0.15, -0.1) is 0 Å². The average Bonchev–Trinajstić information content (AvgIpc) is 3.66. The molecule has 2 unspecified atom stereocenters. The van der Waals surface area contributed by atoms with Crippen LogP contribution in [-0.2, 0) is 25.3 Å². The number of hydrogen-bond acceptors (Lipinski definition) is 6. The van der Waals surface area contributed by atoms with Gasteiger partial charge in [-0.25, -0.2) is 0 Å². The molecule has 8 heteroatoms. The lowest BCUT2D eigenvalue weighted by Gasteiger charge is -2.35. The minimum absolute atomic E-state index is 0.228. The smallest absolute Gasteiger partial charge is 0.417 e. The van der Waals surface area contributed by atoms with Gasteiger partial charge in [0, 0.05) is 16.5 Å². The van der Waals surface area contributed by atoms with Crippen LogP contribution in [0.4, 0.5) is 0 Å². The SMILES string of the molecule is CCCCCCCCCCCCCCOP(Oc1ccccc1C1CCCCC1)Oc1cc(C)c(C(C)(C)c2cc(C(C)(C)C)c(OP(OCCCCCCCCCCCCCC)Oc3ccccc3C3CCCCC3)cc2C)cc1C(C)(C)C. The second kappa shape index (κ2) is 37.8. The zero-order chi connectivity index (χ0) is 60.9. The lowest BCUT2D eigenvalue weighted by atomic mass is 9.71. The van der Waals surface area contributed by atoms with Crippen LogP contribution in [0.2, 0.25) is 0 Å². The van der Waals surface area contributed by atoms with Gasteiger partial charge in [-0.3, -0.25) is 9.05 Å². The second-order valence-corrected chi connectivity index (χ2v) is 30.6. The van der Waals surface area contributed by atoms with E-state index in [0.29, 0.717) is 25.0 Å². The highest BCUT2D eigenvalue weighted by atomic mass is 31.2. The number of hydrogen-bond donors (Lipinski definition) is 0. The molecule has 85 heavy (non-hydrogen) atoms. The molecular weight excluding hydrogens is 1080 g/mol. The molecule has 6 rings (SSSR count). The summed E-state index contributed by atoms with van der Waals surface area (Å²) < 4.78 is 41.9. The van der Waals surface area contributed by atoms with Crippen molar-refractivity contribution in [2.45, 2.75) is 329 Å². The van der Waals surface area contributed by atoms with Crippen LogP contribution in [0.25, 0.3) is 0 Å². The Morgan fingerprint density at radius 1 is 0.353 bits per heavy atom. The summed E-state index contributed by atoms with van der Waals surface area (Å²) in [6.45, 7) is 29.0. The zero-order valence-corrected chi connectivity index (χ0v) is 58.2. The molecule has 4 aromatic carbocycles. The molecule has 0 bridgehead atoms. The Morgan fingerprint density at radius 2 is 0.647 bits per heavy atom. The normalized spacial score (nSPS) is 15.5. The van der Waals surface area contributed by atoms with E-state index in [1.54, 1.807) is 0 Å². The van der Waals surface area contributed by atoms with Gasteiger partial charge >= 0.3 is 17.2 Å². The van der Waals surface area contributed by atoms with Crippen LogP contribution >= 0.6 is 17.2 Å². The molecule has 2 fully saturated rings. The first-order valence-electron chi connectivity index (χ1n) is 35.1. The lowest BCUT2D eigenvalue weighted by Crippen LogP contribution is -2.25. The Labute approximate surface area is 524 Å². The Hall–Kier alpha value is -3.14. The summed E-state index contributed by atoms with van der Waals surface area (Å²) in [5.41, 5.74) is 9.00. The Kier molecular flexibility index (Phi) is 31.5. The number of benzene rings is 4. The molecule has 0 aromatic heterocycles. The molecule has 0 heterocycles. The Bertz CT molecular complexity index is 2310. The predicted octanol–water partition coefficient (Wildman–Crippen LogP) is 26.1. The van der Waals surface area contributed by atoms with Gasteiger partial charge in [0.2, 0.25) is 0 Å². The molecule has 4 aromatic rings. The van der Waals surface area contributed by atoms with Gasteiger partial charge in [0.15, 0.2) is 0 Å². The Balaban J connectivity index is 1.22. The number of rotatable bonds is 40. The van der Waals surface area contributed by atoms with Gasteiger partial charge in [-0.2, -0.15) is 0 Å². The van der Waals surface area contributed by atoms with E-state index in [0.717, 1.165) is 59.8 Å². The third-order valence-electron chi connectivity index (χ3n) is 18.6. The third-order valence-corrected chi connectivity index (χ3v) is 20.8. The molecule has 2 aliphatic carbocycles. The molecule has 6 nitrogen and oxygen atoms in total. The van der Waals surface area contributed by atoms with E-state index >= 15 is 0 Å². The van der Waals surface area contributed by atoms with E-state index in [1.807, 2.05) is 0 Å². The third kappa shape index (κ3) is 24.0. The average molecular weight is 1210 g/mol. The molecule has 0 amide bonds. The zero-order valence-electron chi connectivity index (χ0n) is 56.4. The van der Waals surface area contributed by atoms with Gasteiger partial charge in [0.05, 0.1) is 13.2 Å². The van der Waals surface area contributed by atoms with Crippen molar-refractivity contribution >= 4 is 17.2 Å². The van der Waals surface area contributed by atoms with E-state index in [1.165, 1.54) is 226 Å². The Morgan fingerprint density at radius 3 is 0.965 bits per heavy atom. The standard InChI is InChI=1S/C77H122O6P2/c1-13-15-17-19-21-23-25-27-29-31-33-45-55-78-84(80-71-53-43-41-51-65(71)63-47-37-35-38-48-63)82-73-57-61(3)67(59-69(73)75(5,6)7)77(11,12)68-60-70(76(8,9)10)74(58-62(68)4)83-85(79-56-46-34-32-30-28-26-24-22-20-18-16-14-2)81-72-54-44-42-52-66(72)64-49-39-36-40-50-64/h41-44,51-54,57-60,63-64H,13-40,45-50,55-56H2,1-12H3. The van der Waals surface area contributed by atoms with Crippen molar-refractivity contribution in [2.75, 3.05) is 13.2 Å². The van der Waals surface area contributed by atoms with E-state index in [4.69, 9.17) is 27.1 Å². The molecule has 2 atom stereocenters. The first kappa shape index (κ1) is 70.9. The minimum Gasteiger partial charge on any atom is -0.417 e. The summed E-state index contributed by atoms with van der Waals surface area (Å²) in [6, 6.07) is 26.8. The van der Waals surface area contributed by atoms with Gasteiger partial charge in [-0.1, -0.05) is 298 Å². The van der Waals surface area contributed by atoms with Crippen LogP contribution in [-0.4, -0.2) is 13.2 Å². The largest absolute Gasteiger partial charge is 0.463 e. The number of aryl methyl sites for hydroxylation is 2. The second-order valence-electron chi connectivity index (χ2n) is 28.5. The molecular formula is C77H122O6P2. The maximum atomic E-state index is 7.16. The van der Waals surface area contributed by atoms with Crippen molar-refractivity contribution in [1.82, 2.24) is 0 Å².